The summed E-state index contributed by atoms with van der Waals surface area (Å²) in [6, 6.07) is 2.19. The van der Waals surface area contributed by atoms with E-state index in [1.807, 2.05) is 19.9 Å². The molecule has 17 heavy (non-hydrogen) atoms. The Morgan fingerprint density at radius 2 is 2.12 bits per heavy atom. The Labute approximate surface area is 101 Å². The fourth-order valence-corrected chi connectivity index (χ4v) is 2.03. The second kappa shape index (κ2) is 4.35. The molecule has 1 atom stereocenters. The molecule has 0 amide bonds. The number of H-pyrrole nitrogens is 1. The number of rotatable bonds is 3. The maximum Gasteiger partial charge on any atom is 0.326 e. The predicted molar refractivity (Wildman–Crippen MR) is 69.4 cm³/mol. The van der Waals surface area contributed by atoms with E-state index in [-0.39, 0.29) is 11.7 Å². The first-order chi connectivity index (χ1) is 8.04. The summed E-state index contributed by atoms with van der Waals surface area (Å²) in [4.78, 5) is 19.1. The summed E-state index contributed by atoms with van der Waals surface area (Å²) in [6.45, 7) is 8.32. The summed E-state index contributed by atoms with van der Waals surface area (Å²) in [5.74, 6) is 0.421. The maximum atomic E-state index is 11.8. The molecule has 2 heterocycles. The lowest BCUT2D eigenvalue weighted by Gasteiger charge is -2.10. The lowest BCUT2D eigenvalue weighted by Crippen LogP contribution is -2.18. The first kappa shape index (κ1) is 11.9. The van der Waals surface area contributed by atoms with Crippen molar-refractivity contribution in [2.45, 2.75) is 46.1 Å². The van der Waals surface area contributed by atoms with Crippen LogP contribution in [-0.4, -0.2) is 14.5 Å². The van der Waals surface area contributed by atoms with Gasteiger partial charge in [-0.25, -0.2) is 4.79 Å². The van der Waals surface area contributed by atoms with Crippen LogP contribution in [0.25, 0.3) is 11.0 Å². The van der Waals surface area contributed by atoms with Gasteiger partial charge in [0.15, 0.2) is 0 Å². The van der Waals surface area contributed by atoms with Crippen LogP contribution < -0.4 is 5.69 Å². The van der Waals surface area contributed by atoms with Crippen molar-refractivity contribution < 1.29 is 0 Å². The molecule has 1 unspecified atom stereocenters. The third-order valence-electron chi connectivity index (χ3n) is 3.26. The number of fused-ring (bicyclic) bond motifs is 1. The van der Waals surface area contributed by atoms with Crippen molar-refractivity contribution in [1.29, 1.82) is 0 Å². The van der Waals surface area contributed by atoms with Crippen molar-refractivity contribution in [3.05, 3.63) is 28.4 Å². The monoisotopic (exact) mass is 233 g/mol. The first-order valence-electron chi connectivity index (χ1n) is 6.14. The van der Waals surface area contributed by atoms with Crippen molar-refractivity contribution in [2.24, 2.45) is 0 Å². The summed E-state index contributed by atoms with van der Waals surface area (Å²) >= 11 is 0. The number of imidazole rings is 1. The zero-order valence-electron chi connectivity index (χ0n) is 10.8. The van der Waals surface area contributed by atoms with Crippen LogP contribution in [0.3, 0.4) is 0 Å². The van der Waals surface area contributed by atoms with E-state index in [1.54, 1.807) is 10.8 Å². The van der Waals surface area contributed by atoms with E-state index >= 15 is 0 Å². The predicted octanol–water partition coefficient (Wildman–Crippen LogP) is 2.82. The summed E-state index contributed by atoms with van der Waals surface area (Å²) in [7, 11) is 0. The fraction of sp³-hybridized carbons (Fsp3) is 0.538. The van der Waals surface area contributed by atoms with Gasteiger partial charge in [-0.2, -0.15) is 0 Å². The van der Waals surface area contributed by atoms with Gasteiger partial charge in [-0.05, 0) is 32.3 Å². The Morgan fingerprint density at radius 1 is 1.41 bits per heavy atom. The van der Waals surface area contributed by atoms with Gasteiger partial charge in [0, 0.05) is 11.7 Å². The van der Waals surface area contributed by atoms with Crippen LogP contribution in [0.1, 0.15) is 51.8 Å². The van der Waals surface area contributed by atoms with Gasteiger partial charge in [-0.15, -0.1) is 0 Å². The molecular weight excluding hydrogens is 214 g/mol. The second-order valence-corrected chi connectivity index (χ2v) is 4.83. The normalized spacial score (nSPS) is 13.5. The molecule has 2 rings (SSSR count). The average Bonchev–Trinajstić information content (AvgIpc) is 2.62. The number of nitrogens with zero attached hydrogens (tertiary/aromatic N) is 2. The maximum absolute atomic E-state index is 11.8. The van der Waals surface area contributed by atoms with Gasteiger partial charge in [-0.1, -0.05) is 13.8 Å². The molecule has 0 fully saturated rings. The topological polar surface area (TPSA) is 50.7 Å². The Kier molecular flexibility index (Phi) is 3.05. The van der Waals surface area contributed by atoms with E-state index in [0.29, 0.717) is 5.92 Å². The molecule has 0 aromatic carbocycles. The van der Waals surface area contributed by atoms with Gasteiger partial charge in [0.05, 0.1) is 17.2 Å². The van der Waals surface area contributed by atoms with E-state index in [2.05, 4.69) is 23.8 Å². The molecule has 0 aliphatic rings. The van der Waals surface area contributed by atoms with Crippen LogP contribution in [0.5, 0.6) is 0 Å². The van der Waals surface area contributed by atoms with Gasteiger partial charge in [0.2, 0.25) is 0 Å². The van der Waals surface area contributed by atoms with Gasteiger partial charge in [0.25, 0.3) is 0 Å². The van der Waals surface area contributed by atoms with Crippen molar-refractivity contribution >= 4 is 11.0 Å². The highest BCUT2D eigenvalue weighted by atomic mass is 16.1. The Balaban J connectivity index is 2.66. The molecule has 4 heteroatoms. The quantitative estimate of drug-likeness (QED) is 0.886. The van der Waals surface area contributed by atoms with Crippen LogP contribution in [-0.2, 0) is 0 Å². The molecule has 0 saturated carbocycles. The minimum Gasteiger partial charge on any atom is -0.304 e. The zero-order valence-corrected chi connectivity index (χ0v) is 10.8. The molecule has 92 valence electrons. The highest BCUT2D eigenvalue weighted by Crippen LogP contribution is 2.21. The third kappa shape index (κ3) is 1.99. The molecule has 0 spiro atoms. The molecule has 0 aliphatic heterocycles. The van der Waals surface area contributed by atoms with E-state index < -0.39 is 0 Å². The van der Waals surface area contributed by atoms with Crippen LogP contribution in [0, 0.1) is 0 Å². The molecule has 0 radical (unpaired) electrons. The highest BCUT2D eigenvalue weighted by molar-refractivity contribution is 5.74. The molecule has 1 N–H and O–H groups in total. The number of pyridine rings is 1. The molecule has 0 saturated heterocycles. The molecule has 4 nitrogen and oxygen atoms in total. The first-order valence-corrected chi connectivity index (χ1v) is 6.14. The standard InChI is InChI=1S/C13H19N3O/c1-5-9(4)10-6-12-11(7-14-10)15-13(17)16(12)8(2)3/h6-9H,5H2,1-4H3,(H,15,17). The fourth-order valence-electron chi connectivity index (χ4n) is 2.03. The van der Waals surface area contributed by atoms with E-state index in [1.165, 1.54) is 0 Å². The lowest BCUT2D eigenvalue weighted by atomic mass is 10.0. The highest BCUT2D eigenvalue weighted by Gasteiger charge is 2.12. The number of hydrogen-bond acceptors (Lipinski definition) is 2. The number of aromatic nitrogens is 3. The molecular formula is C13H19N3O. The van der Waals surface area contributed by atoms with E-state index in [9.17, 15) is 4.79 Å². The largest absolute Gasteiger partial charge is 0.326 e. The molecule has 2 aromatic rings. The average molecular weight is 233 g/mol. The summed E-state index contributed by atoms with van der Waals surface area (Å²) in [6.07, 6.45) is 2.81. The number of nitrogens with one attached hydrogen (secondary N) is 1. The molecule has 0 aliphatic carbocycles. The van der Waals surface area contributed by atoms with Crippen LogP contribution >= 0.6 is 0 Å². The number of hydrogen-bond donors (Lipinski definition) is 1. The van der Waals surface area contributed by atoms with E-state index in [0.717, 1.165) is 23.1 Å². The van der Waals surface area contributed by atoms with Crippen molar-refractivity contribution in [3.8, 4) is 0 Å². The van der Waals surface area contributed by atoms with Crippen molar-refractivity contribution in [1.82, 2.24) is 14.5 Å². The Morgan fingerprint density at radius 3 is 2.71 bits per heavy atom. The van der Waals surface area contributed by atoms with Crippen LogP contribution in [0.4, 0.5) is 0 Å². The smallest absolute Gasteiger partial charge is 0.304 e. The van der Waals surface area contributed by atoms with Crippen LogP contribution in [0.2, 0.25) is 0 Å². The van der Waals surface area contributed by atoms with Crippen molar-refractivity contribution in [3.63, 3.8) is 0 Å². The number of aromatic amines is 1. The van der Waals surface area contributed by atoms with Crippen LogP contribution in [0.15, 0.2) is 17.1 Å². The SMILES string of the molecule is CCC(C)c1cc2c(cn1)[nH]c(=O)n2C(C)C. The van der Waals surface area contributed by atoms with E-state index in [4.69, 9.17) is 0 Å². The molecule has 0 bridgehead atoms. The van der Waals surface area contributed by atoms with Gasteiger partial charge < -0.3 is 4.98 Å². The Hall–Kier alpha value is -1.58. The summed E-state index contributed by atoms with van der Waals surface area (Å²) in [5, 5.41) is 0. The minimum atomic E-state index is -0.0573. The zero-order chi connectivity index (χ0) is 12.6. The summed E-state index contributed by atoms with van der Waals surface area (Å²) < 4.78 is 1.78. The Bertz CT molecular complexity index is 580. The third-order valence-corrected chi connectivity index (χ3v) is 3.26. The van der Waals surface area contributed by atoms with Gasteiger partial charge >= 0.3 is 5.69 Å². The second-order valence-electron chi connectivity index (χ2n) is 4.83. The lowest BCUT2D eigenvalue weighted by molar-refractivity contribution is 0.597. The van der Waals surface area contributed by atoms with Gasteiger partial charge in [-0.3, -0.25) is 9.55 Å². The van der Waals surface area contributed by atoms with Crippen molar-refractivity contribution in [2.75, 3.05) is 0 Å². The summed E-state index contributed by atoms with van der Waals surface area (Å²) in [5.41, 5.74) is 2.76. The van der Waals surface area contributed by atoms with Gasteiger partial charge in [0.1, 0.15) is 0 Å². The molecule has 2 aromatic heterocycles. The minimum absolute atomic E-state index is 0.0573.